The minimum absolute atomic E-state index is 0.0213. The van der Waals surface area contributed by atoms with E-state index in [0.717, 1.165) is 4.68 Å². The van der Waals surface area contributed by atoms with Gasteiger partial charge < -0.3 is 19.9 Å². The number of carbonyl (C=O) groups excluding carboxylic acids is 1. The van der Waals surface area contributed by atoms with Crippen LogP contribution >= 0.6 is 0 Å². The largest absolute Gasteiger partial charge is 0.477 e. The van der Waals surface area contributed by atoms with E-state index in [0.29, 0.717) is 24.5 Å². The van der Waals surface area contributed by atoms with Crippen LogP contribution in [0.5, 0.6) is 0 Å². The normalized spacial score (nSPS) is 14.8. The van der Waals surface area contributed by atoms with Crippen molar-refractivity contribution >= 4 is 17.6 Å². The van der Waals surface area contributed by atoms with Crippen LogP contribution in [0.2, 0.25) is 0 Å². The van der Waals surface area contributed by atoms with Gasteiger partial charge in [0.15, 0.2) is 12.0 Å². The average molecular weight is 317 g/mol. The Morgan fingerprint density at radius 1 is 1.30 bits per heavy atom. The molecule has 23 heavy (non-hydrogen) atoms. The Balaban J connectivity index is 1.83. The minimum atomic E-state index is -1.15. The summed E-state index contributed by atoms with van der Waals surface area (Å²) in [6.07, 6.45) is -0.523. The zero-order valence-electron chi connectivity index (χ0n) is 12.4. The van der Waals surface area contributed by atoms with Gasteiger partial charge in [0.1, 0.15) is 5.69 Å². The van der Waals surface area contributed by atoms with Crippen LogP contribution in [0.4, 0.5) is 5.69 Å². The van der Waals surface area contributed by atoms with Crippen molar-refractivity contribution in [1.29, 1.82) is 0 Å². The van der Waals surface area contributed by atoms with Crippen molar-refractivity contribution in [2.75, 3.05) is 18.5 Å². The second kappa shape index (κ2) is 6.19. The standard InChI is InChI=1S/C15H15N3O5/c1-18-12(14(20)21)8-11(17-18)13(19)16-10-5-3-2-4-9(10)15-22-6-7-23-15/h2-5,8,15H,6-7H2,1H3,(H,16,19)(H,20,21). The maximum absolute atomic E-state index is 12.3. The lowest BCUT2D eigenvalue weighted by atomic mass is 10.1. The molecule has 0 saturated carbocycles. The number of carbonyl (C=O) groups is 2. The number of para-hydroxylation sites is 1. The zero-order chi connectivity index (χ0) is 16.4. The predicted octanol–water partition coefficient (Wildman–Crippen LogP) is 1.42. The van der Waals surface area contributed by atoms with Gasteiger partial charge in [-0.05, 0) is 6.07 Å². The van der Waals surface area contributed by atoms with Crippen molar-refractivity contribution in [3.05, 3.63) is 47.3 Å². The highest BCUT2D eigenvalue weighted by Gasteiger charge is 2.23. The molecule has 2 aromatic rings. The Kier molecular flexibility index (Phi) is 4.09. The number of rotatable bonds is 4. The number of nitrogens with one attached hydrogen (secondary N) is 1. The first-order chi connectivity index (χ1) is 11.1. The number of carboxylic acid groups (broad SMARTS) is 1. The Hall–Kier alpha value is -2.71. The molecule has 8 nitrogen and oxygen atoms in total. The summed E-state index contributed by atoms with van der Waals surface area (Å²) >= 11 is 0. The van der Waals surface area contributed by atoms with Crippen molar-refractivity contribution in [2.45, 2.75) is 6.29 Å². The van der Waals surface area contributed by atoms with Gasteiger partial charge in [-0.3, -0.25) is 9.48 Å². The molecule has 1 amide bonds. The Bertz CT molecular complexity index is 749. The van der Waals surface area contributed by atoms with E-state index >= 15 is 0 Å². The number of aryl methyl sites for hydroxylation is 1. The van der Waals surface area contributed by atoms with Crippen molar-refractivity contribution in [2.24, 2.45) is 7.05 Å². The highest BCUT2D eigenvalue weighted by Crippen LogP contribution is 2.29. The number of aromatic nitrogens is 2. The van der Waals surface area contributed by atoms with Crippen LogP contribution in [-0.4, -0.2) is 40.0 Å². The van der Waals surface area contributed by atoms with E-state index in [-0.39, 0.29) is 11.4 Å². The number of hydrogen-bond acceptors (Lipinski definition) is 5. The van der Waals surface area contributed by atoms with Gasteiger partial charge in [-0.25, -0.2) is 4.79 Å². The van der Waals surface area contributed by atoms with Crippen molar-refractivity contribution < 1.29 is 24.2 Å². The number of aromatic carboxylic acids is 1. The van der Waals surface area contributed by atoms with E-state index < -0.39 is 18.2 Å². The molecule has 2 N–H and O–H groups in total. The van der Waals surface area contributed by atoms with Gasteiger partial charge in [0.25, 0.3) is 5.91 Å². The summed E-state index contributed by atoms with van der Waals surface area (Å²) in [7, 11) is 1.47. The van der Waals surface area contributed by atoms with Gasteiger partial charge in [-0.2, -0.15) is 5.10 Å². The number of ether oxygens (including phenoxy) is 2. The Labute approximate surface area is 131 Å². The number of anilines is 1. The SMILES string of the molecule is Cn1nc(C(=O)Nc2ccccc2C2OCCO2)cc1C(=O)O. The molecule has 0 radical (unpaired) electrons. The highest BCUT2D eigenvalue weighted by molar-refractivity contribution is 6.04. The molecule has 0 unspecified atom stereocenters. The maximum atomic E-state index is 12.3. The molecule has 1 aromatic carbocycles. The summed E-state index contributed by atoms with van der Waals surface area (Å²) in [5.41, 5.74) is 1.19. The minimum Gasteiger partial charge on any atom is -0.477 e. The number of carboxylic acids is 1. The fourth-order valence-electron chi connectivity index (χ4n) is 2.32. The van der Waals surface area contributed by atoms with Crippen LogP contribution in [-0.2, 0) is 16.5 Å². The van der Waals surface area contributed by atoms with E-state index in [9.17, 15) is 9.59 Å². The summed E-state index contributed by atoms with van der Waals surface area (Å²) < 4.78 is 12.0. The van der Waals surface area contributed by atoms with Crippen LogP contribution in [0.3, 0.4) is 0 Å². The first-order valence-electron chi connectivity index (χ1n) is 6.97. The Morgan fingerprint density at radius 3 is 2.65 bits per heavy atom. The second-order valence-corrected chi connectivity index (χ2v) is 4.96. The van der Waals surface area contributed by atoms with Gasteiger partial charge in [-0.1, -0.05) is 18.2 Å². The molecule has 1 aromatic heterocycles. The molecule has 0 bridgehead atoms. The van der Waals surface area contributed by atoms with Gasteiger partial charge in [-0.15, -0.1) is 0 Å². The molecule has 3 rings (SSSR count). The molecular weight excluding hydrogens is 302 g/mol. The summed E-state index contributed by atoms with van der Waals surface area (Å²) in [5.74, 6) is -1.65. The molecule has 1 saturated heterocycles. The van der Waals surface area contributed by atoms with Gasteiger partial charge in [0, 0.05) is 24.4 Å². The maximum Gasteiger partial charge on any atom is 0.354 e. The first kappa shape index (κ1) is 15.2. The molecule has 2 heterocycles. The molecule has 1 aliphatic heterocycles. The first-order valence-corrected chi connectivity index (χ1v) is 6.97. The second-order valence-electron chi connectivity index (χ2n) is 4.96. The van der Waals surface area contributed by atoms with Crippen LogP contribution in [0, 0.1) is 0 Å². The third-order valence-corrected chi connectivity index (χ3v) is 3.42. The quantitative estimate of drug-likeness (QED) is 0.884. The number of nitrogens with zero attached hydrogens (tertiary/aromatic N) is 2. The predicted molar refractivity (Wildman–Crippen MR) is 79.2 cm³/mol. The summed E-state index contributed by atoms with van der Waals surface area (Å²) in [4.78, 5) is 23.3. The molecule has 120 valence electrons. The molecule has 0 atom stereocenters. The summed E-state index contributed by atoms with van der Waals surface area (Å²) in [6.45, 7) is 0.990. The molecule has 1 fully saturated rings. The smallest absolute Gasteiger partial charge is 0.354 e. The molecule has 1 aliphatic rings. The van der Waals surface area contributed by atoms with Gasteiger partial charge >= 0.3 is 5.97 Å². The molecule has 8 heteroatoms. The third kappa shape index (κ3) is 3.08. The fourth-order valence-corrected chi connectivity index (χ4v) is 2.32. The van der Waals surface area contributed by atoms with Gasteiger partial charge in [0.05, 0.1) is 13.2 Å². The van der Waals surface area contributed by atoms with Crippen molar-refractivity contribution in [3.8, 4) is 0 Å². The topological polar surface area (TPSA) is 103 Å². The van der Waals surface area contributed by atoms with Crippen LogP contribution < -0.4 is 5.32 Å². The lowest BCUT2D eigenvalue weighted by Crippen LogP contribution is -2.15. The van der Waals surface area contributed by atoms with Crippen LogP contribution in [0.1, 0.15) is 32.8 Å². The number of hydrogen-bond donors (Lipinski definition) is 2. The van der Waals surface area contributed by atoms with Crippen LogP contribution in [0.15, 0.2) is 30.3 Å². The van der Waals surface area contributed by atoms with E-state index in [1.165, 1.54) is 13.1 Å². The number of benzene rings is 1. The fraction of sp³-hybridized carbons (Fsp3) is 0.267. The van der Waals surface area contributed by atoms with E-state index in [1.807, 2.05) is 6.07 Å². The van der Waals surface area contributed by atoms with Crippen molar-refractivity contribution in [1.82, 2.24) is 9.78 Å². The van der Waals surface area contributed by atoms with E-state index in [1.54, 1.807) is 18.2 Å². The average Bonchev–Trinajstić information content (AvgIpc) is 3.17. The lowest BCUT2D eigenvalue weighted by Gasteiger charge is -2.14. The summed E-state index contributed by atoms with van der Waals surface area (Å²) in [6, 6.07) is 8.34. The monoisotopic (exact) mass is 317 g/mol. The van der Waals surface area contributed by atoms with Gasteiger partial charge in [0.2, 0.25) is 0 Å². The number of amides is 1. The zero-order valence-corrected chi connectivity index (χ0v) is 12.4. The highest BCUT2D eigenvalue weighted by atomic mass is 16.7. The van der Waals surface area contributed by atoms with Crippen LogP contribution in [0.25, 0.3) is 0 Å². The molecule has 0 aliphatic carbocycles. The Morgan fingerprint density at radius 2 is 2.00 bits per heavy atom. The van der Waals surface area contributed by atoms with E-state index in [2.05, 4.69) is 10.4 Å². The van der Waals surface area contributed by atoms with E-state index in [4.69, 9.17) is 14.6 Å². The van der Waals surface area contributed by atoms with Crippen molar-refractivity contribution in [3.63, 3.8) is 0 Å². The third-order valence-electron chi connectivity index (χ3n) is 3.42. The lowest BCUT2D eigenvalue weighted by molar-refractivity contribution is -0.0435. The summed E-state index contributed by atoms with van der Waals surface area (Å²) in [5, 5.41) is 15.6. The molecule has 0 spiro atoms. The molecular formula is C15H15N3O5.